The van der Waals surface area contributed by atoms with Crippen LogP contribution >= 0.6 is 39.5 Å². The van der Waals surface area contributed by atoms with Gasteiger partial charge in [-0.05, 0) is 76.7 Å². The molecule has 1 saturated heterocycles. The van der Waals surface area contributed by atoms with Crippen LogP contribution in [0, 0.1) is 0 Å². The van der Waals surface area contributed by atoms with Gasteiger partial charge in [-0.25, -0.2) is 0 Å². The van der Waals surface area contributed by atoms with E-state index >= 15 is 0 Å². The summed E-state index contributed by atoms with van der Waals surface area (Å²) in [6, 6.07) is 18.2. The first-order valence-electron chi connectivity index (χ1n) is 8.07. The van der Waals surface area contributed by atoms with E-state index in [1.807, 2.05) is 48.7 Å². The molecule has 7 heteroatoms. The zero-order valence-corrected chi connectivity index (χ0v) is 17.1. The number of aromatic nitrogens is 1. The van der Waals surface area contributed by atoms with Crippen molar-refractivity contribution in [3.63, 3.8) is 0 Å². The predicted octanol–water partition coefficient (Wildman–Crippen LogP) is 5.09. The molecule has 4 rings (SSSR count). The lowest BCUT2D eigenvalue weighted by molar-refractivity contribution is 0.415. The summed E-state index contributed by atoms with van der Waals surface area (Å²) < 4.78 is 6.38. The first-order chi connectivity index (χ1) is 12.7. The molecule has 0 unspecified atom stereocenters. The number of hydrogen-bond donors (Lipinski definition) is 1. The number of hydrogen-bond acceptors (Lipinski definition) is 4. The molecule has 1 aliphatic rings. The fraction of sp³-hybridized carbons (Fsp3) is 0.158. The normalized spacial score (nSPS) is 19.5. The Kier molecular flexibility index (Phi) is 4.93. The molecule has 1 fully saturated rings. The highest BCUT2D eigenvalue weighted by Crippen LogP contribution is 2.44. The Morgan fingerprint density at radius 2 is 1.96 bits per heavy atom. The van der Waals surface area contributed by atoms with Gasteiger partial charge in [0.1, 0.15) is 5.75 Å². The molecule has 4 nitrogen and oxygen atoms in total. The summed E-state index contributed by atoms with van der Waals surface area (Å²) in [4.78, 5) is 7.93. The lowest BCUT2D eigenvalue weighted by Crippen LogP contribution is -2.28. The maximum Gasteiger partial charge on any atom is 0.174 e. The average Bonchev–Trinajstić information content (AvgIpc) is 3.25. The first-order valence-corrected chi connectivity index (χ1v) is 10.1. The van der Waals surface area contributed by atoms with Crippen LogP contribution in [0.2, 0.25) is 0 Å². The van der Waals surface area contributed by atoms with Gasteiger partial charge in [0.25, 0.3) is 0 Å². The van der Waals surface area contributed by atoms with Crippen molar-refractivity contribution in [3.8, 4) is 5.75 Å². The van der Waals surface area contributed by atoms with E-state index in [4.69, 9.17) is 17.0 Å². The molecule has 1 aliphatic heterocycles. The minimum atomic E-state index is -0.0173. The van der Waals surface area contributed by atoms with Gasteiger partial charge >= 0.3 is 0 Å². The standard InChI is InChI=1S/C19H16BrN3OS2/c1-24-13-7-5-12(6-8-13)23-18(15-9-10-16(20)26-15)17(22-19(23)25)14-4-2-3-11-21-14/h2-11,17-18H,1H3,(H,22,25)/t17-,18-/m0/s1. The van der Waals surface area contributed by atoms with Crippen LogP contribution in [-0.4, -0.2) is 17.2 Å². The molecular weight excluding hydrogens is 430 g/mol. The minimum absolute atomic E-state index is 0.0173. The number of ether oxygens (including phenoxy) is 1. The number of halogens is 1. The molecule has 0 bridgehead atoms. The van der Waals surface area contributed by atoms with Crippen molar-refractivity contribution < 1.29 is 4.74 Å². The molecule has 3 aromatic rings. The fourth-order valence-electron chi connectivity index (χ4n) is 3.15. The van der Waals surface area contributed by atoms with Gasteiger partial charge in [-0.3, -0.25) is 4.98 Å². The highest BCUT2D eigenvalue weighted by molar-refractivity contribution is 9.11. The summed E-state index contributed by atoms with van der Waals surface area (Å²) in [5.41, 5.74) is 2.00. The molecule has 132 valence electrons. The van der Waals surface area contributed by atoms with Crippen LogP contribution < -0.4 is 15.0 Å². The molecule has 0 amide bonds. The molecule has 26 heavy (non-hydrogen) atoms. The molecule has 3 heterocycles. The maximum atomic E-state index is 5.69. The minimum Gasteiger partial charge on any atom is -0.497 e. The number of thiophene rings is 1. The van der Waals surface area contributed by atoms with Crippen molar-refractivity contribution in [1.82, 2.24) is 10.3 Å². The second-order valence-corrected chi connectivity index (χ2v) is 8.72. The molecule has 2 atom stereocenters. The van der Waals surface area contributed by atoms with Gasteiger partial charge in [0.15, 0.2) is 5.11 Å². The van der Waals surface area contributed by atoms with E-state index in [-0.39, 0.29) is 12.1 Å². The first kappa shape index (κ1) is 17.5. The third-order valence-electron chi connectivity index (χ3n) is 4.33. The molecular formula is C19H16BrN3OS2. The molecule has 0 saturated carbocycles. The summed E-state index contributed by atoms with van der Waals surface area (Å²) in [6.07, 6.45) is 1.82. The molecule has 2 aromatic heterocycles. The Labute approximate surface area is 170 Å². The van der Waals surface area contributed by atoms with Crippen molar-refractivity contribution in [3.05, 3.63) is 75.2 Å². The van der Waals surface area contributed by atoms with Gasteiger partial charge < -0.3 is 15.0 Å². The number of benzene rings is 1. The Hall–Kier alpha value is -1.96. The third kappa shape index (κ3) is 3.22. The lowest BCUT2D eigenvalue weighted by atomic mass is 10.0. The molecule has 1 N–H and O–H groups in total. The van der Waals surface area contributed by atoms with Crippen LogP contribution in [0.3, 0.4) is 0 Å². The fourth-order valence-corrected chi connectivity index (χ4v) is 5.05. The highest BCUT2D eigenvalue weighted by Gasteiger charge is 2.41. The van der Waals surface area contributed by atoms with Crippen molar-refractivity contribution >= 4 is 50.3 Å². The average molecular weight is 446 g/mol. The van der Waals surface area contributed by atoms with E-state index in [1.165, 1.54) is 4.88 Å². The number of pyridine rings is 1. The number of rotatable bonds is 4. The van der Waals surface area contributed by atoms with Crippen LogP contribution in [0.25, 0.3) is 0 Å². The smallest absolute Gasteiger partial charge is 0.174 e. The third-order valence-corrected chi connectivity index (χ3v) is 6.34. The van der Waals surface area contributed by atoms with Crippen LogP contribution in [0.5, 0.6) is 5.75 Å². The molecule has 0 radical (unpaired) electrons. The Balaban J connectivity index is 1.79. The number of thiocarbonyl (C=S) groups is 1. The van der Waals surface area contributed by atoms with Gasteiger partial charge in [-0.15, -0.1) is 11.3 Å². The summed E-state index contributed by atoms with van der Waals surface area (Å²) in [6.45, 7) is 0. The van der Waals surface area contributed by atoms with Crippen molar-refractivity contribution in [2.24, 2.45) is 0 Å². The SMILES string of the molecule is COc1ccc(N2C(=S)N[C@@H](c3ccccn3)[C@@H]2c2ccc(Br)s2)cc1. The van der Waals surface area contributed by atoms with Gasteiger partial charge in [-0.1, -0.05) is 6.07 Å². The maximum absolute atomic E-state index is 5.69. The number of anilines is 1. The Morgan fingerprint density at radius 1 is 1.15 bits per heavy atom. The van der Waals surface area contributed by atoms with E-state index in [2.05, 4.69) is 43.3 Å². The quantitative estimate of drug-likeness (QED) is 0.565. The number of nitrogens with one attached hydrogen (secondary N) is 1. The Bertz CT molecular complexity index is 914. The van der Waals surface area contributed by atoms with Crippen LogP contribution in [-0.2, 0) is 0 Å². The van der Waals surface area contributed by atoms with Crippen LogP contribution in [0.4, 0.5) is 5.69 Å². The highest BCUT2D eigenvalue weighted by atomic mass is 79.9. The van der Waals surface area contributed by atoms with E-state index < -0.39 is 0 Å². The largest absolute Gasteiger partial charge is 0.497 e. The molecule has 0 spiro atoms. The predicted molar refractivity (Wildman–Crippen MR) is 113 cm³/mol. The molecule has 0 aliphatic carbocycles. The van der Waals surface area contributed by atoms with Crippen molar-refractivity contribution in [1.29, 1.82) is 0 Å². The van der Waals surface area contributed by atoms with E-state index in [0.29, 0.717) is 5.11 Å². The van der Waals surface area contributed by atoms with Gasteiger partial charge in [0.2, 0.25) is 0 Å². The zero-order chi connectivity index (χ0) is 18.1. The summed E-state index contributed by atoms with van der Waals surface area (Å²) in [5.74, 6) is 0.823. The monoisotopic (exact) mass is 445 g/mol. The number of nitrogens with zero attached hydrogens (tertiary/aromatic N) is 2. The van der Waals surface area contributed by atoms with E-state index in [1.54, 1.807) is 18.4 Å². The van der Waals surface area contributed by atoms with Crippen LogP contribution in [0.15, 0.2) is 64.6 Å². The topological polar surface area (TPSA) is 37.4 Å². The summed E-state index contributed by atoms with van der Waals surface area (Å²) in [7, 11) is 1.67. The van der Waals surface area contributed by atoms with Crippen molar-refractivity contribution in [2.75, 3.05) is 12.0 Å². The van der Waals surface area contributed by atoms with Gasteiger partial charge in [-0.2, -0.15) is 0 Å². The van der Waals surface area contributed by atoms with Crippen LogP contribution in [0.1, 0.15) is 22.7 Å². The van der Waals surface area contributed by atoms with Gasteiger partial charge in [0.05, 0.1) is 28.7 Å². The van der Waals surface area contributed by atoms with E-state index in [0.717, 1.165) is 20.9 Å². The van der Waals surface area contributed by atoms with E-state index in [9.17, 15) is 0 Å². The van der Waals surface area contributed by atoms with Crippen molar-refractivity contribution in [2.45, 2.75) is 12.1 Å². The number of methoxy groups -OCH3 is 1. The summed E-state index contributed by atoms with van der Waals surface area (Å²) >= 11 is 11.0. The molecule has 1 aromatic carbocycles. The zero-order valence-electron chi connectivity index (χ0n) is 13.9. The summed E-state index contributed by atoms with van der Waals surface area (Å²) in [5, 5.41) is 4.15. The lowest BCUT2D eigenvalue weighted by Gasteiger charge is -2.27. The second kappa shape index (κ2) is 7.34. The second-order valence-electron chi connectivity index (χ2n) is 5.84. The van der Waals surface area contributed by atoms with Gasteiger partial charge in [0, 0.05) is 16.8 Å². The Morgan fingerprint density at radius 3 is 2.58 bits per heavy atom.